The number of aryl methyl sites for hydroxylation is 1. The first-order valence-corrected chi connectivity index (χ1v) is 8.71. The molecule has 3 N–H and O–H groups in total. The van der Waals surface area contributed by atoms with E-state index in [1.165, 1.54) is 6.07 Å². The molecule has 0 saturated carbocycles. The monoisotopic (exact) mass is 368 g/mol. The summed E-state index contributed by atoms with van der Waals surface area (Å²) in [7, 11) is -3.65. The number of halogens is 1. The minimum absolute atomic E-state index is 0.108. The molecule has 0 heterocycles. The molecule has 0 aliphatic carbocycles. The second-order valence-corrected chi connectivity index (χ2v) is 7.53. The van der Waals surface area contributed by atoms with Gasteiger partial charge in [0.05, 0.1) is 5.69 Å². The molecule has 0 spiro atoms. The number of hydrogen-bond acceptors (Lipinski definition) is 3. The number of nitrogens with two attached hydrogens (primary N) is 1. The molecule has 0 bridgehead atoms. The average Bonchev–Trinajstić information content (AvgIpc) is 2.38. The van der Waals surface area contributed by atoms with Gasteiger partial charge in [-0.1, -0.05) is 34.1 Å². The molecule has 0 radical (unpaired) electrons. The number of nitrogens with one attached hydrogen (secondary N) is 1. The molecule has 0 fully saturated rings. The number of rotatable bonds is 4. The highest BCUT2D eigenvalue weighted by Gasteiger charge is 2.20. The second kappa shape index (κ2) is 6.17. The summed E-state index contributed by atoms with van der Waals surface area (Å²) in [5.41, 5.74) is 7.88. The summed E-state index contributed by atoms with van der Waals surface area (Å²) in [6.45, 7) is 3.66. The van der Waals surface area contributed by atoms with E-state index >= 15 is 0 Å². The molecule has 0 aliphatic rings. The van der Waals surface area contributed by atoms with Gasteiger partial charge >= 0.3 is 0 Å². The number of benzene rings is 2. The third-order valence-corrected chi connectivity index (χ3v) is 5.30. The highest BCUT2D eigenvalue weighted by molar-refractivity contribution is 9.10. The lowest BCUT2D eigenvalue weighted by atomic mass is 10.1. The Hall–Kier alpha value is -1.37. The molecule has 2 aromatic rings. The van der Waals surface area contributed by atoms with Crippen LogP contribution < -0.4 is 10.5 Å². The Morgan fingerprint density at radius 2 is 1.76 bits per heavy atom. The summed E-state index contributed by atoms with van der Waals surface area (Å²) in [5.74, 6) is 0. The highest BCUT2D eigenvalue weighted by atomic mass is 79.9. The van der Waals surface area contributed by atoms with Crippen molar-refractivity contribution in [2.24, 2.45) is 0 Å². The van der Waals surface area contributed by atoms with Crippen molar-refractivity contribution in [3.63, 3.8) is 0 Å². The van der Waals surface area contributed by atoms with Crippen LogP contribution in [0.1, 0.15) is 24.1 Å². The number of sulfonamides is 1. The van der Waals surface area contributed by atoms with Crippen LogP contribution in [0.15, 0.2) is 51.8 Å². The largest absolute Gasteiger partial charge is 0.398 e. The van der Waals surface area contributed by atoms with E-state index in [0.29, 0.717) is 0 Å². The van der Waals surface area contributed by atoms with E-state index in [1.54, 1.807) is 19.1 Å². The van der Waals surface area contributed by atoms with Crippen LogP contribution >= 0.6 is 15.9 Å². The third kappa shape index (κ3) is 3.84. The van der Waals surface area contributed by atoms with Crippen LogP contribution in [-0.2, 0) is 10.0 Å². The Morgan fingerprint density at radius 3 is 2.33 bits per heavy atom. The van der Waals surface area contributed by atoms with Gasteiger partial charge in [-0.25, -0.2) is 13.1 Å². The first kappa shape index (κ1) is 16.0. The van der Waals surface area contributed by atoms with Crippen LogP contribution in [0.4, 0.5) is 5.69 Å². The molecule has 2 aromatic carbocycles. The zero-order chi connectivity index (χ0) is 15.6. The predicted octanol–water partition coefficient (Wildman–Crippen LogP) is 3.38. The Kier molecular flexibility index (Phi) is 4.70. The summed E-state index contributed by atoms with van der Waals surface area (Å²) in [4.78, 5) is 0.108. The fourth-order valence-electron chi connectivity index (χ4n) is 2.03. The van der Waals surface area contributed by atoms with E-state index in [-0.39, 0.29) is 16.6 Å². The molecule has 0 unspecified atom stereocenters. The number of nitrogen functional groups attached to an aromatic ring is 1. The summed E-state index contributed by atoms with van der Waals surface area (Å²) in [6, 6.07) is 12.1. The van der Waals surface area contributed by atoms with Crippen molar-refractivity contribution in [3.05, 3.63) is 58.1 Å². The first-order chi connectivity index (χ1) is 9.79. The maximum absolute atomic E-state index is 12.4. The van der Waals surface area contributed by atoms with E-state index in [2.05, 4.69) is 20.7 Å². The van der Waals surface area contributed by atoms with Gasteiger partial charge in [0.2, 0.25) is 10.0 Å². The average molecular weight is 369 g/mol. The zero-order valence-corrected chi connectivity index (χ0v) is 14.2. The van der Waals surface area contributed by atoms with Crippen molar-refractivity contribution in [3.8, 4) is 0 Å². The summed E-state index contributed by atoms with van der Waals surface area (Å²) < 4.78 is 28.4. The van der Waals surface area contributed by atoms with Crippen molar-refractivity contribution >= 4 is 31.6 Å². The van der Waals surface area contributed by atoms with Gasteiger partial charge < -0.3 is 5.73 Å². The molecule has 1 atom stereocenters. The molecule has 0 aromatic heterocycles. The van der Waals surface area contributed by atoms with Gasteiger partial charge in [0.1, 0.15) is 4.90 Å². The molecule has 112 valence electrons. The lowest BCUT2D eigenvalue weighted by Gasteiger charge is -2.16. The van der Waals surface area contributed by atoms with E-state index in [4.69, 9.17) is 5.73 Å². The minimum atomic E-state index is -3.65. The van der Waals surface area contributed by atoms with E-state index < -0.39 is 10.0 Å². The standard InChI is InChI=1S/C15H17BrN2O2S/c1-10-3-8-15(14(17)9-10)21(19,20)18-11(2)12-4-6-13(16)7-5-12/h3-9,11,18H,17H2,1-2H3/t11-/m1/s1. The lowest BCUT2D eigenvalue weighted by Crippen LogP contribution is -2.27. The summed E-state index contributed by atoms with van der Waals surface area (Å²) >= 11 is 3.35. The van der Waals surface area contributed by atoms with E-state index in [1.807, 2.05) is 31.2 Å². The maximum atomic E-state index is 12.4. The van der Waals surface area contributed by atoms with Crippen LogP contribution in [0.5, 0.6) is 0 Å². The van der Waals surface area contributed by atoms with E-state index in [9.17, 15) is 8.42 Å². The topological polar surface area (TPSA) is 72.2 Å². The fraction of sp³-hybridized carbons (Fsp3) is 0.200. The number of anilines is 1. The number of hydrogen-bond donors (Lipinski definition) is 2. The quantitative estimate of drug-likeness (QED) is 0.812. The van der Waals surface area contributed by atoms with Gasteiger partial charge in [-0.3, -0.25) is 0 Å². The van der Waals surface area contributed by atoms with Gasteiger partial charge in [-0.15, -0.1) is 0 Å². The Morgan fingerprint density at radius 1 is 1.14 bits per heavy atom. The van der Waals surface area contributed by atoms with Gasteiger partial charge in [-0.2, -0.15) is 0 Å². The molecule has 21 heavy (non-hydrogen) atoms. The van der Waals surface area contributed by atoms with Gasteiger partial charge in [0, 0.05) is 10.5 Å². The van der Waals surface area contributed by atoms with Crippen LogP contribution in [0.25, 0.3) is 0 Å². The molecular weight excluding hydrogens is 352 g/mol. The summed E-state index contributed by atoms with van der Waals surface area (Å²) in [5, 5.41) is 0. The summed E-state index contributed by atoms with van der Waals surface area (Å²) in [6.07, 6.45) is 0. The smallest absolute Gasteiger partial charge is 0.243 e. The fourth-order valence-corrected chi connectivity index (χ4v) is 3.64. The Balaban J connectivity index is 2.26. The molecule has 4 nitrogen and oxygen atoms in total. The van der Waals surface area contributed by atoms with Crippen molar-refractivity contribution < 1.29 is 8.42 Å². The molecule has 0 amide bonds. The van der Waals surface area contributed by atoms with Gasteiger partial charge in [0.25, 0.3) is 0 Å². The maximum Gasteiger partial charge on any atom is 0.243 e. The predicted molar refractivity (Wildman–Crippen MR) is 88.5 cm³/mol. The molecule has 0 saturated heterocycles. The molecule has 2 rings (SSSR count). The van der Waals surface area contributed by atoms with E-state index in [0.717, 1.165) is 15.6 Å². The lowest BCUT2D eigenvalue weighted by molar-refractivity contribution is 0.567. The van der Waals surface area contributed by atoms with Crippen LogP contribution in [0.2, 0.25) is 0 Å². The van der Waals surface area contributed by atoms with Crippen LogP contribution in [-0.4, -0.2) is 8.42 Å². The SMILES string of the molecule is Cc1ccc(S(=O)(=O)N[C@H](C)c2ccc(Br)cc2)c(N)c1. The minimum Gasteiger partial charge on any atom is -0.398 e. The first-order valence-electron chi connectivity index (χ1n) is 6.43. The molecular formula is C15H17BrN2O2S. The molecule has 0 aliphatic heterocycles. The Bertz CT molecular complexity index is 743. The van der Waals surface area contributed by atoms with Crippen molar-refractivity contribution in [1.82, 2.24) is 4.72 Å². The normalized spacial score (nSPS) is 13.1. The zero-order valence-electron chi connectivity index (χ0n) is 11.8. The van der Waals surface area contributed by atoms with Gasteiger partial charge in [-0.05, 0) is 49.2 Å². The third-order valence-electron chi connectivity index (χ3n) is 3.16. The van der Waals surface area contributed by atoms with Crippen molar-refractivity contribution in [2.45, 2.75) is 24.8 Å². The van der Waals surface area contributed by atoms with Crippen molar-refractivity contribution in [2.75, 3.05) is 5.73 Å². The van der Waals surface area contributed by atoms with Crippen LogP contribution in [0.3, 0.4) is 0 Å². The van der Waals surface area contributed by atoms with Crippen LogP contribution in [0, 0.1) is 6.92 Å². The Labute approximate surface area is 133 Å². The molecule has 6 heteroatoms. The second-order valence-electron chi connectivity index (χ2n) is 4.94. The highest BCUT2D eigenvalue weighted by Crippen LogP contribution is 2.23. The van der Waals surface area contributed by atoms with Gasteiger partial charge in [0.15, 0.2) is 0 Å². The van der Waals surface area contributed by atoms with Crippen molar-refractivity contribution in [1.29, 1.82) is 0 Å².